The minimum atomic E-state index is 0.788. The van der Waals surface area contributed by atoms with E-state index in [1.165, 1.54) is 23.1 Å². The summed E-state index contributed by atoms with van der Waals surface area (Å²) in [6.45, 7) is 1.13. The Morgan fingerprint density at radius 3 is 2.32 bits per heavy atom. The van der Waals surface area contributed by atoms with Gasteiger partial charge < -0.3 is 4.90 Å². The topological polar surface area (TPSA) is 3.24 Å². The van der Waals surface area contributed by atoms with Crippen molar-refractivity contribution in [3.63, 3.8) is 0 Å². The van der Waals surface area contributed by atoms with Gasteiger partial charge in [-0.3, -0.25) is 0 Å². The van der Waals surface area contributed by atoms with Gasteiger partial charge in [-0.2, -0.15) is 0 Å². The number of halogens is 1. The molecule has 0 bridgehead atoms. The van der Waals surface area contributed by atoms with Crippen LogP contribution in [-0.2, 0) is 6.42 Å². The molecule has 100 valence electrons. The van der Waals surface area contributed by atoms with Crippen LogP contribution in [-0.4, -0.2) is 25.5 Å². The van der Waals surface area contributed by atoms with Crippen molar-refractivity contribution in [3.05, 3.63) is 59.1 Å². The molecule has 0 amide bonds. The summed E-state index contributed by atoms with van der Waals surface area (Å²) in [5.41, 5.74) is 3.81. The van der Waals surface area contributed by atoms with Gasteiger partial charge in [0.1, 0.15) is 0 Å². The maximum atomic E-state index is 6.05. The summed E-state index contributed by atoms with van der Waals surface area (Å²) >= 11 is 6.05. The maximum absolute atomic E-state index is 6.05. The van der Waals surface area contributed by atoms with E-state index in [9.17, 15) is 0 Å². The van der Waals surface area contributed by atoms with Gasteiger partial charge in [-0.15, -0.1) is 0 Å². The Morgan fingerprint density at radius 1 is 0.947 bits per heavy atom. The van der Waals surface area contributed by atoms with Gasteiger partial charge in [-0.1, -0.05) is 48.0 Å². The molecule has 0 saturated heterocycles. The fraction of sp³-hybridized carbons (Fsp3) is 0.294. The van der Waals surface area contributed by atoms with Gasteiger partial charge in [-0.25, -0.2) is 0 Å². The third-order valence-electron chi connectivity index (χ3n) is 3.16. The van der Waals surface area contributed by atoms with Gasteiger partial charge in [0.05, 0.1) is 0 Å². The minimum Gasteiger partial charge on any atom is -0.309 e. The van der Waals surface area contributed by atoms with Crippen LogP contribution in [0.4, 0.5) is 0 Å². The van der Waals surface area contributed by atoms with Gasteiger partial charge in [0, 0.05) is 5.02 Å². The average Bonchev–Trinajstić information content (AvgIpc) is 2.39. The fourth-order valence-electron chi connectivity index (χ4n) is 2.17. The van der Waals surface area contributed by atoms with Crippen LogP contribution in [0.25, 0.3) is 11.1 Å². The lowest BCUT2D eigenvalue weighted by molar-refractivity contribution is 0.400. The molecule has 19 heavy (non-hydrogen) atoms. The van der Waals surface area contributed by atoms with Crippen molar-refractivity contribution < 1.29 is 0 Å². The minimum absolute atomic E-state index is 0.788. The van der Waals surface area contributed by atoms with Crippen LogP contribution in [0.5, 0.6) is 0 Å². The molecule has 0 heterocycles. The first-order chi connectivity index (χ1) is 9.15. The van der Waals surface area contributed by atoms with Gasteiger partial charge >= 0.3 is 0 Å². The number of nitrogens with zero attached hydrogens (tertiary/aromatic N) is 1. The molecule has 0 N–H and O–H groups in total. The monoisotopic (exact) mass is 273 g/mol. The molecule has 0 unspecified atom stereocenters. The summed E-state index contributed by atoms with van der Waals surface area (Å²) in [4.78, 5) is 2.22. The largest absolute Gasteiger partial charge is 0.309 e. The molecule has 0 saturated carbocycles. The van der Waals surface area contributed by atoms with Gasteiger partial charge in [0.2, 0.25) is 0 Å². The second kappa shape index (κ2) is 6.74. The van der Waals surface area contributed by atoms with E-state index in [-0.39, 0.29) is 0 Å². The number of rotatable bonds is 5. The maximum Gasteiger partial charge on any atom is 0.0412 e. The normalized spacial score (nSPS) is 10.9. The SMILES string of the molecule is CN(C)CCCc1cccc(-c2cccc(Cl)c2)c1. The Hall–Kier alpha value is -1.31. The number of benzene rings is 2. The molecule has 0 aliphatic carbocycles. The lowest BCUT2D eigenvalue weighted by atomic mass is 10.0. The zero-order valence-electron chi connectivity index (χ0n) is 11.6. The number of hydrogen-bond acceptors (Lipinski definition) is 1. The van der Waals surface area contributed by atoms with Crippen LogP contribution in [0.1, 0.15) is 12.0 Å². The molecule has 2 rings (SSSR count). The third-order valence-corrected chi connectivity index (χ3v) is 3.39. The Balaban J connectivity index is 2.11. The molecule has 0 aliphatic heterocycles. The molecular weight excluding hydrogens is 254 g/mol. The molecular formula is C17H20ClN. The summed E-state index contributed by atoms with van der Waals surface area (Å²) in [7, 11) is 4.23. The fourth-order valence-corrected chi connectivity index (χ4v) is 2.36. The van der Waals surface area contributed by atoms with Crippen LogP contribution in [0.2, 0.25) is 5.02 Å². The van der Waals surface area contributed by atoms with Gasteiger partial charge in [0.15, 0.2) is 0 Å². The first-order valence-corrected chi connectivity index (χ1v) is 7.02. The van der Waals surface area contributed by atoms with Crippen molar-refractivity contribution in [2.45, 2.75) is 12.8 Å². The first kappa shape index (κ1) is 14.1. The lowest BCUT2D eigenvalue weighted by Gasteiger charge is -2.10. The summed E-state index contributed by atoms with van der Waals surface area (Å²) < 4.78 is 0. The van der Waals surface area contributed by atoms with E-state index in [1.54, 1.807) is 0 Å². The third kappa shape index (κ3) is 4.38. The van der Waals surface area contributed by atoms with E-state index in [2.05, 4.69) is 49.3 Å². The van der Waals surface area contributed by atoms with Crippen molar-refractivity contribution in [1.29, 1.82) is 0 Å². The molecule has 0 aliphatic rings. The van der Waals surface area contributed by atoms with E-state index in [0.717, 1.165) is 18.0 Å². The van der Waals surface area contributed by atoms with Crippen LogP contribution in [0.3, 0.4) is 0 Å². The molecule has 2 aromatic rings. The van der Waals surface area contributed by atoms with E-state index in [4.69, 9.17) is 11.6 Å². The van der Waals surface area contributed by atoms with Crippen molar-refractivity contribution in [3.8, 4) is 11.1 Å². The molecule has 0 fully saturated rings. The molecule has 0 atom stereocenters. The molecule has 0 spiro atoms. The van der Waals surface area contributed by atoms with Crippen molar-refractivity contribution in [1.82, 2.24) is 4.90 Å². The molecule has 1 nitrogen and oxygen atoms in total. The first-order valence-electron chi connectivity index (χ1n) is 6.65. The summed E-state index contributed by atoms with van der Waals surface area (Å²) in [6, 6.07) is 16.8. The smallest absolute Gasteiger partial charge is 0.0412 e. The van der Waals surface area contributed by atoms with E-state index >= 15 is 0 Å². The average molecular weight is 274 g/mol. The van der Waals surface area contributed by atoms with E-state index in [1.807, 2.05) is 18.2 Å². The Kier molecular flexibility index (Phi) is 5.00. The Bertz CT molecular complexity index is 534. The van der Waals surface area contributed by atoms with E-state index < -0.39 is 0 Å². The van der Waals surface area contributed by atoms with Crippen molar-refractivity contribution >= 4 is 11.6 Å². The predicted molar refractivity (Wildman–Crippen MR) is 83.8 cm³/mol. The highest BCUT2D eigenvalue weighted by Gasteiger charge is 2.01. The number of aryl methyl sites for hydroxylation is 1. The Labute approximate surface area is 120 Å². The van der Waals surface area contributed by atoms with Crippen LogP contribution in [0.15, 0.2) is 48.5 Å². The molecule has 0 radical (unpaired) electrons. The summed E-state index contributed by atoms with van der Waals surface area (Å²) in [6.07, 6.45) is 2.30. The highest BCUT2D eigenvalue weighted by atomic mass is 35.5. The quantitative estimate of drug-likeness (QED) is 0.775. The highest BCUT2D eigenvalue weighted by Crippen LogP contribution is 2.23. The van der Waals surface area contributed by atoms with Crippen LogP contribution >= 0.6 is 11.6 Å². The van der Waals surface area contributed by atoms with Crippen molar-refractivity contribution in [2.75, 3.05) is 20.6 Å². The predicted octanol–water partition coefficient (Wildman–Crippen LogP) is 4.50. The second-order valence-electron chi connectivity index (χ2n) is 5.12. The summed E-state index contributed by atoms with van der Waals surface area (Å²) in [5.74, 6) is 0. The van der Waals surface area contributed by atoms with Crippen LogP contribution in [0, 0.1) is 0 Å². The van der Waals surface area contributed by atoms with Gasteiger partial charge in [-0.05, 0) is 62.3 Å². The molecule has 0 aromatic heterocycles. The highest BCUT2D eigenvalue weighted by molar-refractivity contribution is 6.30. The Morgan fingerprint density at radius 2 is 1.63 bits per heavy atom. The van der Waals surface area contributed by atoms with Crippen LogP contribution < -0.4 is 0 Å². The van der Waals surface area contributed by atoms with E-state index in [0.29, 0.717) is 0 Å². The standard InChI is InChI=1S/C17H20ClN/c1-19(2)11-5-7-14-6-3-8-15(12-14)16-9-4-10-17(18)13-16/h3-4,6,8-10,12-13H,5,7,11H2,1-2H3. The second-order valence-corrected chi connectivity index (χ2v) is 5.55. The van der Waals surface area contributed by atoms with Crippen molar-refractivity contribution in [2.24, 2.45) is 0 Å². The zero-order valence-corrected chi connectivity index (χ0v) is 12.3. The summed E-state index contributed by atoms with van der Waals surface area (Å²) in [5, 5.41) is 0.788. The lowest BCUT2D eigenvalue weighted by Crippen LogP contribution is -2.13. The molecule has 2 aromatic carbocycles. The molecule has 2 heteroatoms. The zero-order chi connectivity index (χ0) is 13.7. The number of hydrogen-bond donors (Lipinski definition) is 0. The van der Waals surface area contributed by atoms with Gasteiger partial charge in [0.25, 0.3) is 0 Å².